The van der Waals surface area contributed by atoms with E-state index in [0.29, 0.717) is 5.56 Å². The Bertz CT molecular complexity index is 860. The Hall–Kier alpha value is -1.97. The SMILES string of the molecule is CO[P@@](=O)(C#Cc1ccccc1)[C@@](O)(CBr)c1ccc([N+](=O)[O-])cc1. The van der Waals surface area contributed by atoms with E-state index in [1.807, 2.05) is 6.07 Å². The molecule has 0 aromatic heterocycles. The van der Waals surface area contributed by atoms with Gasteiger partial charge < -0.3 is 9.63 Å². The number of non-ortho nitro benzene ring substituents is 1. The van der Waals surface area contributed by atoms with Crippen LogP contribution < -0.4 is 0 Å². The van der Waals surface area contributed by atoms with E-state index < -0.39 is 17.6 Å². The van der Waals surface area contributed by atoms with Gasteiger partial charge in [-0.05, 0) is 35.5 Å². The topological polar surface area (TPSA) is 89.7 Å². The highest BCUT2D eigenvalue weighted by Crippen LogP contribution is 2.62. The number of nitrogens with zero attached hydrogens (tertiary/aromatic N) is 1. The van der Waals surface area contributed by atoms with Crippen molar-refractivity contribution >= 4 is 29.0 Å². The first-order valence-corrected chi connectivity index (χ1v) is 9.88. The molecule has 0 radical (unpaired) electrons. The van der Waals surface area contributed by atoms with Crippen LogP contribution in [0.5, 0.6) is 0 Å². The lowest BCUT2D eigenvalue weighted by molar-refractivity contribution is -0.384. The third kappa shape index (κ3) is 4.00. The molecule has 0 aliphatic carbocycles. The lowest BCUT2D eigenvalue weighted by Gasteiger charge is -2.30. The lowest BCUT2D eigenvalue weighted by Crippen LogP contribution is -2.28. The Morgan fingerprint density at radius 3 is 2.32 bits per heavy atom. The van der Waals surface area contributed by atoms with E-state index in [0.717, 1.165) is 0 Å². The molecule has 2 atom stereocenters. The molecule has 25 heavy (non-hydrogen) atoms. The Morgan fingerprint density at radius 1 is 1.24 bits per heavy atom. The lowest BCUT2D eigenvalue weighted by atomic mass is 10.1. The van der Waals surface area contributed by atoms with Crippen molar-refractivity contribution in [1.29, 1.82) is 0 Å². The number of hydrogen-bond acceptors (Lipinski definition) is 5. The van der Waals surface area contributed by atoms with Crippen LogP contribution in [0.3, 0.4) is 0 Å². The summed E-state index contributed by atoms with van der Waals surface area (Å²) in [6, 6.07) is 14.0. The van der Waals surface area contributed by atoms with Gasteiger partial charge in [0.15, 0.2) is 5.34 Å². The van der Waals surface area contributed by atoms with Crippen molar-refractivity contribution < 1.29 is 19.1 Å². The normalized spacial score (nSPS) is 15.3. The third-order valence-corrected chi connectivity index (χ3v) is 7.15. The van der Waals surface area contributed by atoms with Gasteiger partial charge in [0.2, 0.25) is 0 Å². The molecule has 130 valence electrons. The van der Waals surface area contributed by atoms with E-state index in [1.165, 1.54) is 31.4 Å². The number of aliphatic hydroxyl groups is 1. The monoisotopic (exact) mass is 423 g/mol. The minimum Gasteiger partial charge on any atom is -0.374 e. The molecule has 0 amide bonds. The summed E-state index contributed by atoms with van der Waals surface area (Å²) in [7, 11) is -2.66. The van der Waals surface area contributed by atoms with Crippen LogP contribution in [0.1, 0.15) is 11.1 Å². The number of nitro groups is 1. The van der Waals surface area contributed by atoms with Crippen LogP contribution in [0.25, 0.3) is 0 Å². The van der Waals surface area contributed by atoms with Gasteiger partial charge in [-0.1, -0.05) is 40.0 Å². The molecule has 2 aromatic carbocycles. The van der Waals surface area contributed by atoms with Crippen molar-refractivity contribution in [1.82, 2.24) is 0 Å². The van der Waals surface area contributed by atoms with Gasteiger partial charge in [0.25, 0.3) is 5.69 Å². The molecule has 2 aromatic rings. The Labute approximate surface area is 153 Å². The van der Waals surface area contributed by atoms with Crippen molar-refractivity contribution in [2.24, 2.45) is 0 Å². The van der Waals surface area contributed by atoms with E-state index >= 15 is 0 Å². The summed E-state index contributed by atoms with van der Waals surface area (Å²) in [6.07, 6.45) is 0. The van der Waals surface area contributed by atoms with Gasteiger partial charge in [0.1, 0.15) is 0 Å². The van der Waals surface area contributed by atoms with Crippen LogP contribution in [-0.2, 0) is 14.4 Å². The summed E-state index contributed by atoms with van der Waals surface area (Å²) < 4.78 is 18.3. The molecule has 2 rings (SSSR count). The zero-order valence-corrected chi connectivity index (χ0v) is 15.7. The highest BCUT2D eigenvalue weighted by atomic mass is 79.9. The van der Waals surface area contributed by atoms with E-state index in [1.54, 1.807) is 24.3 Å². The van der Waals surface area contributed by atoms with E-state index in [-0.39, 0.29) is 16.6 Å². The number of benzene rings is 2. The van der Waals surface area contributed by atoms with Crippen LogP contribution in [0.2, 0.25) is 0 Å². The maximum absolute atomic E-state index is 13.2. The van der Waals surface area contributed by atoms with E-state index in [4.69, 9.17) is 4.52 Å². The van der Waals surface area contributed by atoms with Crippen molar-refractivity contribution in [2.75, 3.05) is 12.4 Å². The zero-order chi connectivity index (χ0) is 18.5. The van der Waals surface area contributed by atoms with Gasteiger partial charge in [-0.2, -0.15) is 0 Å². The maximum atomic E-state index is 13.2. The van der Waals surface area contributed by atoms with Gasteiger partial charge in [0.05, 0.1) is 4.92 Å². The molecule has 0 unspecified atom stereocenters. The zero-order valence-electron chi connectivity index (χ0n) is 13.3. The maximum Gasteiger partial charge on any atom is 0.309 e. The summed E-state index contributed by atoms with van der Waals surface area (Å²) in [6.45, 7) is 0. The Kier molecular flexibility index (Phi) is 6.15. The Balaban J connectivity index is 2.48. The first-order chi connectivity index (χ1) is 11.9. The fourth-order valence-corrected chi connectivity index (χ4v) is 4.94. The third-order valence-electron chi connectivity index (χ3n) is 3.59. The molecule has 6 nitrogen and oxygen atoms in total. The largest absolute Gasteiger partial charge is 0.374 e. The molecule has 0 bridgehead atoms. The van der Waals surface area contributed by atoms with Crippen LogP contribution in [0.4, 0.5) is 5.69 Å². The molecular weight excluding hydrogens is 409 g/mol. The van der Waals surface area contributed by atoms with E-state index in [2.05, 4.69) is 27.5 Å². The van der Waals surface area contributed by atoms with Gasteiger partial charge in [-0.25, -0.2) is 0 Å². The predicted molar refractivity (Wildman–Crippen MR) is 98.7 cm³/mol. The van der Waals surface area contributed by atoms with Crippen molar-refractivity contribution in [3.63, 3.8) is 0 Å². The minimum absolute atomic E-state index is 0.119. The smallest absolute Gasteiger partial charge is 0.309 e. The minimum atomic E-state index is -3.87. The molecule has 0 fully saturated rings. The van der Waals surface area contributed by atoms with Crippen LogP contribution in [-0.4, -0.2) is 22.5 Å². The van der Waals surface area contributed by atoms with Crippen LogP contribution in [0.15, 0.2) is 54.6 Å². The molecule has 0 aliphatic rings. The van der Waals surface area contributed by atoms with Crippen LogP contribution >= 0.6 is 23.3 Å². The number of hydrogen-bond donors (Lipinski definition) is 1. The second-order valence-corrected chi connectivity index (χ2v) is 8.08. The molecule has 0 saturated heterocycles. The summed E-state index contributed by atoms with van der Waals surface area (Å²) in [4.78, 5) is 10.2. The van der Waals surface area contributed by atoms with Gasteiger partial charge in [-0.15, -0.1) is 0 Å². The van der Waals surface area contributed by atoms with Crippen LogP contribution in [0, 0.1) is 21.7 Å². The van der Waals surface area contributed by atoms with Gasteiger partial charge in [-0.3, -0.25) is 14.7 Å². The molecule has 1 N–H and O–H groups in total. The fraction of sp³-hybridized carbons (Fsp3) is 0.176. The molecule has 0 aliphatic heterocycles. The van der Waals surface area contributed by atoms with E-state index in [9.17, 15) is 19.8 Å². The molecular formula is C17H15BrNO5P. The van der Waals surface area contributed by atoms with Crippen molar-refractivity contribution in [3.05, 3.63) is 75.8 Å². The highest BCUT2D eigenvalue weighted by Gasteiger charge is 2.47. The second-order valence-electron chi connectivity index (χ2n) is 5.09. The molecule has 0 saturated carbocycles. The summed E-state index contributed by atoms with van der Waals surface area (Å²) in [5.41, 5.74) is 3.26. The average Bonchev–Trinajstić information content (AvgIpc) is 2.66. The highest BCUT2D eigenvalue weighted by molar-refractivity contribution is 9.09. The average molecular weight is 424 g/mol. The molecule has 8 heteroatoms. The second kappa shape index (κ2) is 7.94. The van der Waals surface area contributed by atoms with Gasteiger partial charge >= 0.3 is 7.37 Å². The first kappa shape index (κ1) is 19.4. The van der Waals surface area contributed by atoms with Crippen molar-refractivity contribution in [2.45, 2.75) is 5.34 Å². The summed E-state index contributed by atoms with van der Waals surface area (Å²) >= 11 is 3.16. The number of rotatable bonds is 5. The van der Waals surface area contributed by atoms with Crippen molar-refractivity contribution in [3.8, 4) is 11.6 Å². The molecule has 0 heterocycles. The summed E-state index contributed by atoms with van der Waals surface area (Å²) in [5.74, 6) is 2.75. The summed E-state index contributed by atoms with van der Waals surface area (Å²) in [5, 5.41) is 19.7. The fourth-order valence-electron chi connectivity index (χ4n) is 2.12. The molecule has 0 spiro atoms. The number of nitro benzene ring substituents is 1. The quantitative estimate of drug-likeness (QED) is 0.257. The standard InChI is InChI=1S/C17H15BrNO5P/c1-24-25(23,12-11-14-5-3-2-4-6-14)17(20,13-18)15-7-9-16(10-8-15)19(21)22/h2-10,20H,13H2,1H3/t17-,25-/m0/s1. The van der Waals surface area contributed by atoms with Gasteiger partial charge in [0, 0.05) is 30.1 Å². The first-order valence-electron chi connectivity index (χ1n) is 7.14. The number of halogens is 1. The number of alkyl halides is 1. The Morgan fingerprint density at radius 2 is 1.84 bits per heavy atom. The predicted octanol–water partition coefficient (Wildman–Crippen LogP) is 4.07.